The molecule has 0 aliphatic heterocycles. The first-order valence-electron chi connectivity index (χ1n) is 6.64. The Morgan fingerprint density at radius 1 is 1.29 bits per heavy atom. The van der Waals surface area contributed by atoms with E-state index in [0.717, 1.165) is 17.1 Å². The first-order chi connectivity index (χ1) is 9.64. The minimum absolute atomic E-state index is 0.0488. The second kappa shape index (κ2) is 5.61. The van der Waals surface area contributed by atoms with Gasteiger partial charge in [0.1, 0.15) is 11.0 Å². The third-order valence-corrected chi connectivity index (χ3v) is 5.97. The van der Waals surface area contributed by atoms with Gasteiger partial charge in [-0.2, -0.15) is 4.31 Å². The number of rotatable bonds is 3. The Morgan fingerprint density at radius 2 is 1.86 bits per heavy atom. The smallest absolute Gasteiger partial charge is 0.424 e. The number of ether oxygens (including phenoxy) is 1. The first-order valence-corrected chi connectivity index (χ1v) is 8.88. The third kappa shape index (κ3) is 3.58. The van der Waals surface area contributed by atoms with Crippen LogP contribution < -0.4 is 0 Å². The number of hydrogen-bond acceptors (Lipinski definition) is 4. The number of amides is 1. The van der Waals surface area contributed by atoms with Crippen LogP contribution in [0, 0.1) is 0 Å². The van der Waals surface area contributed by atoms with Gasteiger partial charge in [0.05, 0.1) is 5.54 Å². The van der Waals surface area contributed by atoms with Crippen molar-refractivity contribution in [3.8, 4) is 0 Å². The molecule has 7 heteroatoms. The zero-order valence-electron chi connectivity index (χ0n) is 12.2. The predicted octanol–water partition coefficient (Wildman–Crippen LogP) is 3.54. The van der Waals surface area contributed by atoms with E-state index in [9.17, 15) is 13.2 Å². The molecule has 1 amide bonds. The maximum absolute atomic E-state index is 12.8. The van der Waals surface area contributed by atoms with Gasteiger partial charge in [-0.15, -0.1) is 0 Å². The molecule has 1 aliphatic rings. The molecule has 0 heterocycles. The summed E-state index contributed by atoms with van der Waals surface area (Å²) < 4.78 is 32.1. The maximum atomic E-state index is 12.8. The maximum Gasteiger partial charge on any atom is 0.424 e. The molecular weight excluding hydrogens is 358 g/mol. The summed E-state index contributed by atoms with van der Waals surface area (Å²) in [5.74, 6) is 0. The van der Waals surface area contributed by atoms with Crippen molar-refractivity contribution in [3.63, 3.8) is 0 Å². The van der Waals surface area contributed by atoms with Crippen molar-refractivity contribution in [2.45, 2.75) is 50.2 Å². The van der Waals surface area contributed by atoms with Crippen LogP contribution in [0.15, 0.2) is 33.6 Å². The van der Waals surface area contributed by atoms with Crippen molar-refractivity contribution in [3.05, 3.63) is 28.7 Å². The summed E-state index contributed by atoms with van der Waals surface area (Å²) in [5.41, 5.74) is -0.917. The van der Waals surface area contributed by atoms with Crippen molar-refractivity contribution in [1.82, 2.24) is 4.31 Å². The summed E-state index contributed by atoms with van der Waals surface area (Å²) >= 11 is 3.22. The minimum Gasteiger partial charge on any atom is -0.445 e. The predicted molar refractivity (Wildman–Crippen MR) is 82.4 cm³/mol. The molecule has 0 unspecified atom stereocenters. The van der Waals surface area contributed by atoms with Gasteiger partial charge in [0, 0.05) is 4.47 Å². The molecule has 0 spiro atoms. The Labute approximate surface area is 133 Å². The lowest BCUT2D eigenvalue weighted by atomic mass is 10.1. The minimum atomic E-state index is -3.99. The average Bonchev–Trinajstić information content (AvgIpc) is 3.10. The second-order valence-electron chi connectivity index (χ2n) is 5.95. The van der Waals surface area contributed by atoms with Crippen molar-refractivity contribution >= 4 is 32.0 Å². The van der Waals surface area contributed by atoms with Crippen LogP contribution in [0.5, 0.6) is 0 Å². The van der Waals surface area contributed by atoms with Crippen LogP contribution in [0.3, 0.4) is 0 Å². The molecule has 1 aromatic rings. The van der Waals surface area contributed by atoms with Crippen molar-refractivity contribution in [1.29, 1.82) is 0 Å². The van der Waals surface area contributed by atoms with Gasteiger partial charge in [-0.25, -0.2) is 13.2 Å². The lowest BCUT2D eigenvalue weighted by Gasteiger charge is -2.33. The van der Waals surface area contributed by atoms with Gasteiger partial charge in [-0.05, 0) is 61.7 Å². The fraction of sp³-hybridized carbons (Fsp3) is 0.500. The summed E-state index contributed by atoms with van der Waals surface area (Å²) in [6, 6.07) is 6.42. The zero-order valence-corrected chi connectivity index (χ0v) is 14.6. The van der Waals surface area contributed by atoms with Gasteiger partial charge in [0.2, 0.25) is 0 Å². The van der Waals surface area contributed by atoms with Gasteiger partial charge in [-0.3, -0.25) is 0 Å². The van der Waals surface area contributed by atoms with Crippen molar-refractivity contribution in [2.24, 2.45) is 0 Å². The molecule has 0 aromatic heterocycles. The third-order valence-electron chi connectivity index (χ3n) is 2.92. The Kier molecular flexibility index (Phi) is 4.35. The first kappa shape index (κ1) is 16.3. The molecule has 1 aliphatic carbocycles. The highest BCUT2D eigenvalue weighted by atomic mass is 79.9. The van der Waals surface area contributed by atoms with Gasteiger partial charge in [0.25, 0.3) is 10.0 Å². The average molecular weight is 376 g/mol. The summed E-state index contributed by atoms with van der Waals surface area (Å²) in [7, 11) is -3.99. The fourth-order valence-electron chi connectivity index (χ4n) is 1.86. The van der Waals surface area contributed by atoms with E-state index in [2.05, 4.69) is 15.9 Å². The molecule has 5 nitrogen and oxygen atoms in total. The van der Waals surface area contributed by atoms with Gasteiger partial charge in [0.15, 0.2) is 0 Å². The monoisotopic (exact) mass is 375 g/mol. The normalized spacial score (nSPS) is 15.6. The van der Waals surface area contributed by atoms with Crippen LogP contribution in [-0.2, 0) is 14.8 Å². The quantitative estimate of drug-likeness (QED) is 0.810. The number of hydrogen-bond donors (Lipinski definition) is 0. The SMILES string of the molecule is CC(C)(C)N(C(=O)OC1CC1)S(=O)(=O)c1ccccc1Br. The van der Waals surface area contributed by atoms with E-state index >= 15 is 0 Å². The van der Waals surface area contributed by atoms with Gasteiger partial charge in [-0.1, -0.05) is 12.1 Å². The molecule has 21 heavy (non-hydrogen) atoms. The molecule has 1 saturated carbocycles. The topological polar surface area (TPSA) is 63.7 Å². The second-order valence-corrected chi connectivity index (χ2v) is 8.56. The highest BCUT2D eigenvalue weighted by Crippen LogP contribution is 2.32. The van der Waals surface area contributed by atoms with E-state index < -0.39 is 21.7 Å². The zero-order chi connectivity index (χ0) is 15.8. The van der Waals surface area contributed by atoms with Crippen LogP contribution in [0.2, 0.25) is 0 Å². The Morgan fingerprint density at radius 3 is 2.33 bits per heavy atom. The Balaban J connectivity index is 2.44. The largest absolute Gasteiger partial charge is 0.445 e. The van der Waals surface area contributed by atoms with Gasteiger partial charge < -0.3 is 4.74 Å². The molecule has 1 fully saturated rings. The molecule has 0 radical (unpaired) electrons. The standard InChI is InChI=1S/C14H18BrNO4S/c1-14(2,3)16(13(17)20-10-8-9-10)21(18,19)12-7-5-4-6-11(12)15/h4-7,10H,8-9H2,1-3H3. The molecule has 0 bridgehead atoms. The van der Waals surface area contributed by atoms with E-state index in [4.69, 9.17) is 4.74 Å². The van der Waals surface area contributed by atoms with Crippen LogP contribution in [-0.4, -0.2) is 30.5 Å². The Hall–Kier alpha value is -1.08. The summed E-state index contributed by atoms with van der Waals surface area (Å²) in [4.78, 5) is 12.3. The number of sulfonamides is 1. The Bertz CT molecular complexity index is 647. The molecule has 0 saturated heterocycles. The van der Waals surface area contributed by atoms with Crippen LogP contribution >= 0.6 is 15.9 Å². The fourth-order valence-corrected chi connectivity index (χ4v) is 4.48. The lowest BCUT2D eigenvalue weighted by molar-refractivity contribution is 0.0986. The van der Waals surface area contributed by atoms with E-state index in [1.165, 1.54) is 6.07 Å². The lowest BCUT2D eigenvalue weighted by Crippen LogP contribution is -2.49. The summed E-state index contributed by atoms with van der Waals surface area (Å²) in [5, 5.41) is 0. The van der Waals surface area contributed by atoms with Crippen LogP contribution in [0.1, 0.15) is 33.6 Å². The summed E-state index contributed by atoms with van der Waals surface area (Å²) in [6.07, 6.45) is 0.606. The van der Waals surface area contributed by atoms with Gasteiger partial charge >= 0.3 is 6.09 Å². The molecule has 0 N–H and O–H groups in total. The van der Waals surface area contributed by atoms with Crippen LogP contribution in [0.4, 0.5) is 4.79 Å². The molecule has 116 valence electrons. The molecular formula is C14H18BrNO4S. The number of halogens is 1. The van der Waals surface area contributed by atoms with Crippen molar-refractivity contribution < 1.29 is 17.9 Å². The number of benzene rings is 1. The highest BCUT2D eigenvalue weighted by Gasteiger charge is 2.42. The van der Waals surface area contributed by atoms with E-state index in [0.29, 0.717) is 4.47 Å². The van der Waals surface area contributed by atoms with E-state index in [-0.39, 0.29) is 11.0 Å². The van der Waals surface area contributed by atoms with E-state index in [1.807, 2.05) is 0 Å². The molecule has 0 atom stereocenters. The number of carbonyl (C=O) groups excluding carboxylic acids is 1. The van der Waals surface area contributed by atoms with E-state index in [1.54, 1.807) is 39.0 Å². The highest BCUT2D eigenvalue weighted by molar-refractivity contribution is 9.10. The van der Waals surface area contributed by atoms with Crippen molar-refractivity contribution in [2.75, 3.05) is 0 Å². The molecule has 2 rings (SSSR count). The summed E-state index contributed by atoms with van der Waals surface area (Å²) in [6.45, 7) is 4.99. The molecule has 1 aromatic carbocycles. The van der Waals surface area contributed by atoms with Crippen LogP contribution in [0.25, 0.3) is 0 Å². The number of nitrogens with zero attached hydrogens (tertiary/aromatic N) is 1. The number of carbonyl (C=O) groups is 1.